The van der Waals surface area contributed by atoms with Gasteiger partial charge in [0.2, 0.25) is 0 Å². The Morgan fingerprint density at radius 1 is 0.517 bits per heavy atom. The molecule has 0 nitrogen and oxygen atoms in total. The molecule has 0 N–H and O–H groups in total. The van der Waals surface area contributed by atoms with Crippen LogP contribution in [-0.4, -0.2) is 7.28 Å². The zero-order valence-electron chi connectivity index (χ0n) is 20.8. The fourth-order valence-corrected chi connectivity index (χ4v) is 5.58. The fraction of sp³-hybridized carbons (Fsp3) is 1.00. The van der Waals surface area contributed by atoms with Crippen molar-refractivity contribution in [1.82, 2.24) is 0 Å². The average Bonchev–Trinajstić information content (AvgIpc) is 2.72. The highest BCUT2D eigenvalue weighted by atomic mass is 14.1. The van der Waals surface area contributed by atoms with E-state index in [2.05, 4.69) is 13.8 Å². The van der Waals surface area contributed by atoms with Gasteiger partial charge in [-0.3, -0.25) is 0 Å². The minimum Gasteiger partial charge on any atom is -0.0654 e. The summed E-state index contributed by atoms with van der Waals surface area (Å²) in [5, 5.41) is 0. The number of rotatable bonds is 15. The first-order valence-electron chi connectivity index (χ1n) is 14.4. The predicted octanol–water partition coefficient (Wildman–Crippen LogP) is 10.4. The van der Waals surface area contributed by atoms with Crippen LogP contribution in [0, 0.1) is 0 Å². The monoisotopic (exact) mass is 404 g/mol. The van der Waals surface area contributed by atoms with Crippen LogP contribution in [-0.2, 0) is 0 Å². The van der Waals surface area contributed by atoms with Crippen molar-refractivity contribution in [3.63, 3.8) is 0 Å². The molecule has 1 heteroatoms. The van der Waals surface area contributed by atoms with Crippen LogP contribution in [0.3, 0.4) is 0 Å². The average molecular weight is 405 g/mol. The lowest BCUT2D eigenvalue weighted by atomic mass is 9.50. The Bertz CT molecular complexity index is 301. The molecule has 1 atom stereocenters. The van der Waals surface area contributed by atoms with E-state index in [1.807, 2.05) is 0 Å². The van der Waals surface area contributed by atoms with Crippen molar-refractivity contribution in [1.29, 1.82) is 0 Å². The lowest BCUT2D eigenvalue weighted by Gasteiger charge is -2.23. The lowest BCUT2D eigenvalue weighted by Crippen LogP contribution is -2.13. The number of hydrogen-bond donors (Lipinski definition) is 0. The van der Waals surface area contributed by atoms with Gasteiger partial charge in [-0.05, 0) is 0 Å². The van der Waals surface area contributed by atoms with E-state index in [9.17, 15) is 0 Å². The molecule has 1 saturated carbocycles. The molecule has 1 fully saturated rings. The SMILES string of the molecule is CCCCCCCCC(BC1CCCCCCCCCCC1)CCCCCCC. The van der Waals surface area contributed by atoms with Crippen LogP contribution in [0.4, 0.5) is 0 Å². The highest BCUT2D eigenvalue weighted by molar-refractivity contribution is 6.39. The molecule has 1 rings (SSSR count). The second kappa shape index (κ2) is 21.3. The maximum absolute atomic E-state index is 2.34. The summed E-state index contributed by atoms with van der Waals surface area (Å²) in [5.74, 6) is 2.09. The normalized spacial score (nSPS) is 18.7. The molecule has 172 valence electrons. The maximum Gasteiger partial charge on any atom is 0.127 e. The molecule has 0 radical (unpaired) electrons. The summed E-state index contributed by atoms with van der Waals surface area (Å²) in [6, 6.07) is 0. The van der Waals surface area contributed by atoms with Crippen molar-refractivity contribution in [2.45, 2.75) is 180 Å². The van der Waals surface area contributed by atoms with E-state index in [0.29, 0.717) is 0 Å². The van der Waals surface area contributed by atoms with Crippen molar-refractivity contribution >= 4 is 7.28 Å². The van der Waals surface area contributed by atoms with Gasteiger partial charge in [0.1, 0.15) is 7.28 Å². The molecule has 0 aromatic carbocycles. The summed E-state index contributed by atoms with van der Waals surface area (Å²) in [6.45, 7) is 4.67. The molecule has 0 heterocycles. The maximum atomic E-state index is 2.34. The van der Waals surface area contributed by atoms with Gasteiger partial charge in [-0.15, -0.1) is 0 Å². The van der Waals surface area contributed by atoms with Gasteiger partial charge < -0.3 is 0 Å². The molecule has 29 heavy (non-hydrogen) atoms. The van der Waals surface area contributed by atoms with E-state index in [-0.39, 0.29) is 0 Å². The van der Waals surface area contributed by atoms with Crippen LogP contribution in [0.5, 0.6) is 0 Å². The second-order valence-electron chi connectivity index (χ2n) is 10.5. The van der Waals surface area contributed by atoms with Crippen LogP contribution in [0.2, 0.25) is 11.6 Å². The molecular weight excluding hydrogens is 347 g/mol. The minimum atomic E-state index is 1.04. The molecule has 1 aliphatic carbocycles. The van der Waals surface area contributed by atoms with Gasteiger partial charge >= 0.3 is 0 Å². The third kappa shape index (κ3) is 17.4. The van der Waals surface area contributed by atoms with Gasteiger partial charge in [-0.1, -0.05) is 180 Å². The molecule has 0 aliphatic heterocycles. The summed E-state index contributed by atoms with van der Waals surface area (Å²) in [5.41, 5.74) is 0. The quantitative estimate of drug-likeness (QED) is 0.188. The van der Waals surface area contributed by atoms with Gasteiger partial charge in [0.25, 0.3) is 0 Å². The molecule has 0 spiro atoms. The van der Waals surface area contributed by atoms with Gasteiger partial charge in [-0.25, -0.2) is 0 Å². The van der Waals surface area contributed by atoms with E-state index in [4.69, 9.17) is 0 Å². The first kappa shape index (κ1) is 27.1. The number of hydrogen-bond acceptors (Lipinski definition) is 0. The largest absolute Gasteiger partial charge is 0.127 e. The summed E-state index contributed by atoms with van der Waals surface area (Å²) in [7, 11) is 1.57. The highest BCUT2D eigenvalue weighted by Crippen LogP contribution is 2.32. The van der Waals surface area contributed by atoms with Crippen LogP contribution in [0.15, 0.2) is 0 Å². The van der Waals surface area contributed by atoms with Crippen molar-refractivity contribution < 1.29 is 0 Å². The molecule has 1 aliphatic rings. The van der Waals surface area contributed by atoms with E-state index in [0.717, 1.165) is 11.6 Å². The third-order valence-corrected chi connectivity index (χ3v) is 7.57. The van der Waals surface area contributed by atoms with Crippen LogP contribution in [0.1, 0.15) is 168 Å². The smallest absolute Gasteiger partial charge is 0.0654 e. The van der Waals surface area contributed by atoms with Crippen LogP contribution >= 0.6 is 0 Å². The van der Waals surface area contributed by atoms with E-state index in [1.54, 1.807) is 20.1 Å². The molecule has 1 unspecified atom stereocenters. The first-order chi connectivity index (χ1) is 14.4. The van der Waals surface area contributed by atoms with Crippen molar-refractivity contribution in [2.24, 2.45) is 0 Å². The van der Waals surface area contributed by atoms with Crippen molar-refractivity contribution in [3.05, 3.63) is 0 Å². The van der Waals surface area contributed by atoms with E-state index in [1.165, 1.54) is 141 Å². The van der Waals surface area contributed by atoms with E-state index < -0.39 is 0 Å². The van der Waals surface area contributed by atoms with Gasteiger partial charge in [0.15, 0.2) is 0 Å². The Labute approximate surface area is 187 Å². The zero-order chi connectivity index (χ0) is 20.8. The van der Waals surface area contributed by atoms with Gasteiger partial charge in [-0.2, -0.15) is 0 Å². The molecule has 0 bridgehead atoms. The topological polar surface area (TPSA) is 0 Å². The Kier molecular flexibility index (Phi) is 19.9. The Hall–Kier alpha value is 0.0649. The third-order valence-electron chi connectivity index (χ3n) is 7.57. The zero-order valence-corrected chi connectivity index (χ0v) is 20.8. The molecule has 0 aromatic rings. The summed E-state index contributed by atoms with van der Waals surface area (Å²) >= 11 is 0. The molecule has 0 aromatic heterocycles. The molecule has 0 amide bonds. The van der Waals surface area contributed by atoms with Gasteiger partial charge in [0.05, 0.1) is 0 Å². The predicted molar refractivity (Wildman–Crippen MR) is 137 cm³/mol. The van der Waals surface area contributed by atoms with Gasteiger partial charge in [0, 0.05) is 0 Å². The van der Waals surface area contributed by atoms with Crippen molar-refractivity contribution in [2.75, 3.05) is 0 Å². The Morgan fingerprint density at radius 3 is 1.34 bits per heavy atom. The lowest BCUT2D eigenvalue weighted by molar-refractivity contribution is 0.493. The van der Waals surface area contributed by atoms with Crippen LogP contribution < -0.4 is 0 Å². The number of unbranched alkanes of at least 4 members (excludes halogenated alkanes) is 9. The minimum absolute atomic E-state index is 1.04. The summed E-state index contributed by atoms with van der Waals surface area (Å²) in [4.78, 5) is 0. The molecule has 0 saturated heterocycles. The summed E-state index contributed by atoms with van der Waals surface area (Å²) < 4.78 is 0. The standard InChI is InChI=1S/C28H57B/c1-3-5-7-9-16-20-24-27(23-19-15-8-6-4-2)29-28-25-21-17-13-11-10-12-14-18-22-26-28/h27-29H,3-26H2,1-2H3. The highest BCUT2D eigenvalue weighted by Gasteiger charge is 2.18. The summed E-state index contributed by atoms with van der Waals surface area (Å²) in [6.07, 6.45) is 35.8. The second-order valence-corrected chi connectivity index (χ2v) is 10.5. The molecular formula is C28H57B. The van der Waals surface area contributed by atoms with Crippen LogP contribution in [0.25, 0.3) is 0 Å². The Balaban J connectivity index is 2.39. The fourth-order valence-electron chi connectivity index (χ4n) is 5.58. The Morgan fingerprint density at radius 2 is 0.897 bits per heavy atom. The van der Waals surface area contributed by atoms with E-state index >= 15 is 0 Å². The first-order valence-corrected chi connectivity index (χ1v) is 14.4. The van der Waals surface area contributed by atoms with Crippen molar-refractivity contribution in [3.8, 4) is 0 Å².